The van der Waals surface area contributed by atoms with E-state index in [0.717, 1.165) is 24.1 Å². The Bertz CT molecular complexity index is 1090. The molecule has 1 aromatic carbocycles. The molecule has 2 heterocycles. The molecule has 1 amide bonds. The number of hydrogen-bond donors (Lipinski definition) is 1. The number of nitrogens with one attached hydrogen (secondary N) is 1. The van der Waals surface area contributed by atoms with Crippen LogP contribution in [-0.2, 0) is 9.53 Å². The van der Waals surface area contributed by atoms with Gasteiger partial charge in [0.25, 0.3) is 5.91 Å². The largest absolute Gasteiger partial charge is 0.495 e. The van der Waals surface area contributed by atoms with E-state index in [9.17, 15) is 22.8 Å². The number of anilines is 4. The molecule has 1 aromatic heterocycles. The van der Waals surface area contributed by atoms with Gasteiger partial charge in [0.1, 0.15) is 17.3 Å². The molecule has 0 unspecified atom stereocenters. The summed E-state index contributed by atoms with van der Waals surface area (Å²) in [5, 5.41) is 2.79. The van der Waals surface area contributed by atoms with Crippen molar-refractivity contribution in [2.45, 2.75) is 24.8 Å². The zero-order valence-electron chi connectivity index (χ0n) is 17.5. The Morgan fingerprint density at radius 3 is 2.62 bits per heavy atom. The number of hydrogen-bond acceptors (Lipinski definition) is 8. The van der Waals surface area contributed by atoms with E-state index in [0.29, 0.717) is 12.8 Å². The van der Waals surface area contributed by atoms with Gasteiger partial charge in [0, 0.05) is 19.2 Å². The molecule has 0 atom stereocenters. The van der Waals surface area contributed by atoms with E-state index in [1.165, 1.54) is 25.3 Å². The van der Waals surface area contributed by atoms with Gasteiger partial charge in [-0.1, -0.05) is 0 Å². The SMILES string of the molecule is COC(=O)c1cc(OC)c(Nc2ncc3c(n2)N(C2CC2)CC(F)(F)C(=O)N3C)cc1F. The Morgan fingerprint density at radius 1 is 1.28 bits per heavy atom. The summed E-state index contributed by atoms with van der Waals surface area (Å²) in [6, 6.07) is 2.02. The first-order valence-electron chi connectivity index (χ1n) is 9.68. The predicted octanol–water partition coefficient (Wildman–Crippen LogP) is 2.74. The van der Waals surface area contributed by atoms with E-state index in [1.54, 1.807) is 0 Å². The van der Waals surface area contributed by atoms with E-state index in [1.807, 2.05) is 0 Å². The highest BCUT2D eigenvalue weighted by atomic mass is 19.3. The van der Waals surface area contributed by atoms with Crippen molar-refractivity contribution in [1.82, 2.24) is 9.97 Å². The molecule has 0 spiro atoms. The summed E-state index contributed by atoms with van der Waals surface area (Å²) in [6.07, 6.45) is 2.66. The van der Waals surface area contributed by atoms with Crippen molar-refractivity contribution >= 4 is 35.0 Å². The van der Waals surface area contributed by atoms with Crippen LogP contribution in [0.15, 0.2) is 18.3 Å². The molecule has 1 aliphatic heterocycles. The van der Waals surface area contributed by atoms with E-state index in [4.69, 9.17) is 4.74 Å². The Hall–Kier alpha value is -3.57. The van der Waals surface area contributed by atoms with Gasteiger partial charge in [-0.25, -0.2) is 14.2 Å². The van der Waals surface area contributed by atoms with Crippen LogP contribution in [0, 0.1) is 5.82 Å². The number of fused-ring (bicyclic) bond motifs is 1. The highest BCUT2D eigenvalue weighted by Crippen LogP contribution is 2.41. The monoisotopic (exact) mass is 451 g/mol. The summed E-state index contributed by atoms with van der Waals surface area (Å²) >= 11 is 0. The molecular weight excluding hydrogens is 431 g/mol. The van der Waals surface area contributed by atoms with Crippen molar-refractivity contribution in [3.63, 3.8) is 0 Å². The van der Waals surface area contributed by atoms with Gasteiger partial charge >= 0.3 is 11.9 Å². The van der Waals surface area contributed by atoms with E-state index in [-0.39, 0.29) is 40.5 Å². The zero-order chi connectivity index (χ0) is 23.2. The Kier molecular flexibility index (Phi) is 5.31. The minimum absolute atomic E-state index is 0.0241. The highest BCUT2D eigenvalue weighted by molar-refractivity contribution is 6.02. The topological polar surface area (TPSA) is 96.9 Å². The lowest BCUT2D eigenvalue weighted by Gasteiger charge is -2.25. The van der Waals surface area contributed by atoms with Crippen LogP contribution in [0.1, 0.15) is 23.2 Å². The summed E-state index contributed by atoms with van der Waals surface area (Å²) in [6.45, 7) is -0.796. The van der Waals surface area contributed by atoms with Crippen molar-refractivity contribution in [2.75, 3.05) is 42.9 Å². The molecule has 2 aromatic rings. The second-order valence-electron chi connectivity index (χ2n) is 7.48. The first kappa shape index (κ1) is 21.7. The van der Waals surface area contributed by atoms with E-state index < -0.39 is 30.2 Å². The zero-order valence-corrected chi connectivity index (χ0v) is 17.5. The average molecular weight is 451 g/mol. The number of nitrogens with zero attached hydrogens (tertiary/aromatic N) is 4. The number of rotatable bonds is 5. The van der Waals surface area contributed by atoms with Gasteiger partial charge in [-0.15, -0.1) is 0 Å². The highest BCUT2D eigenvalue weighted by Gasteiger charge is 2.50. The van der Waals surface area contributed by atoms with Gasteiger partial charge in [-0.3, -0.25) is 4.79 Å². The normalized spacial score (nSPS) is 17.5. The van der Waals surface area contributed by atoms with Gasteiger partial charge in [-0.05, 0) is 18.9 Å². The Balaban J connectivity index is 1.73. The fourth-order valence-corrected chi connectivity index (χ4v) is 3.48. The van der Waals surface area contributed by atoms with Gasteiger partial charge in [-0.2, -0.15) is 13.8 Å². The van der Waals surface area contributed by atoms with Crippen LogP contribution in [0.25, 0.3) is 0 Å². The number of carbonyl (C=O) groups excluding carboxylic acids is 2. The van der Waals surface area contributed by atoms with Crippen LogP contribution in [0.4, 0.5) is 36.3 Å². The summed E-state index contributed by atoms with van der Waals surface area (Å²) in [4.78, 5) is 34.6. The number of alkyl halides is 2. The summed E-state index contributed by atoms with van der Waals surface area (Å²) in [7, 11) is 3.70. The number of ether oxygens (including phenoxy) is 2. The average Bonchev–Trinajstić information content (AvgIpc) is 3.61. The fraction of sp³-hybridized carbons (Fsp3) is 0.400. The maximum Gasteiger partial charge on any atom is 0.342 e. The number of carbonyl (C=O) groups is 2. The number of esters is 1. The Morgan fingerprint density at radius 2 is 2.00 bits per heavy atom. The molecule has 0 saturated heterocycles. The molecule has 1 saturated carbocycles. The third-order valence-corrected chi connectivity index (χ3v) is 5.30. The molecule has 9 nitrogen and oxygen atoms in total. The van der Waals surface area contributed by atoms with Crippen LogP contribution < -0.4 is 19.9 Å². The lowest BCUT2D eigenvalue weighted by Crippen LogP contribution is -2.46. The number of methoxy groups -OCH3 is 2. The van der Waals surface area contributed by atoms with Crippen LogP contribution in [0.2, 0.25) is 0 Å². The number of halogens is 3. The summed E-state index contributed by atoms with van der Waals surface area (Å²) < 4.78 is 53.1. The minimum Gasteiger partial charge on any atom is -0.495 e. The third-order valence-electron chi connectivity index (χ3n) is 5.30. The first-order valence-corrected chi connectivity index (χ1v) is 9.68. The van der Waals surface area contributed by atoms with Crippen molar-refractivity contribution in [1.29, 1.82) is 0 Å². The number of aromatic nitrogens is 2. The molecule has 1 aliphatic carbocycles. The van der Waals surface area contributed by atoms with Crippen LogP contribution in [0.3, 0.4) is 0 Å². The molecule has 1 N–H and O–H groups in total. The Labute approximate surface area is 181 Å². The molecule has 0 radical (unpaired) electrons. The molecule has 32 heavy (non-hydrogen) atoms. The van der Waals surface area contributed by atoms with E-state index in [2.05, 4.69) is 20.0 Å². The number of amides is 1. The molecule has 170 valence electrons. The maximum absolute atomic E-state index is 14.4. The van der Waals surface area contributed by atoms with Crippen LogP contribution >= 0.6 is 0 Å². The van der Waals surface area contributed by atoms with E-state index >= 15 is 0 Å². The fourth-order valence-electron chi connectivity index (χ4n) is 3.48. The predicted molar refractivity (Wildman–Crippen MR) is 108 cm³/mol. The molecule has 0 bridgehead atoms. The van der Waals surface area contributed by atoms with Crippen LogP contribution in [0.5, 0.6) is 5.75 Å². The molecule has 2 aliphatic rings. The van der Waals surface area contributed by atoms with Gasteiger partial charge in [0.05, 0.1) is 38.2 Å². The standard InChI is InChI=1S/C20H20F3N5O4/c1-27-14-8-24-19(25-13-7-12(21)11(17(29)32-3)6-15(13)31-2)26-16(14)28(10-4-5-10)9-20(22,23)18(27)30/h6-8,10H,4-5,9H2,1-3H3,(H,24,25,26). The lowest BCUT2D eigenvalue weighted by molar-refractivity contribution is -0.140. The summed E-state index contributed by atoms with van der Waals surface area (Å²) in [5.41, 5.74) is -0.0669. The second-order valence-corrected chi connectivity index (χ2v) is 7.48. The lowest BCUT2D eigenvalue weighted by atomic mass is 10.1. The third kappa shape index (κ3) is 3.76. The van der Waals surface area contributed by atoms with Gasteiger partial charge in [0.2, 0.25) is 5.95 Å². The second kappa shape index (κ2) is 7.84. The van der Waals surface area contributed by atoms with Crippen molar-refractivity contribution < 1.29 is 32.2 Å². The number of benzene rings is 1. The van der Waals surface area contributed by atoms with Crippen molar-refractivity contribution in [3.05, 3.63) is 29.7 Å². The van der Waals surface area contributed by atoms with Gasteiger partial charge < -0.3 is 24.6 Å². The maximum atomic E-state index is 14.4. The molecular formula is C20H20F3N5O4. The molecule has 12 heteroatoms. The molecule has 4 rings (SSSR count). The summed E-state index contributed by atoms with van der Waals surface area (Å²) in [5.74, 6) is -6.40. The van der Waals surface area contributed by atoms with Crippen LogP contribution in [-0.4, -0.2) is 61.6 Å². The van der Waals surface area contributed by atoms with Gasteiger partial charge in [0.15, 0.2) is 5.82 Å². The van der Waals surface area contributed by atoms with Crippen molar-refractivity contribution in [2.24, 2.45) is 0 Å². The first-order chi connectivity index (χ1) is 15.2. The minimum atomic E-state index is -3.58. The smallest absolute Gasteiger partial charge is 0.342 e. The molecule has 1 fully saturated rings. The van der Waals surface area contributed by atoms with Crippen molar-refractivity contribution in [3.8, 4) is 5.75 Å². The quantitative estimate of drug-likeness (QED) is 0.694.